The van der Waals surface area contributed by atoms with Gasteiger partial charge in [0.1, 0.15) is 12.0 Å². The number of amides is 1. The molecule has 8 heteroatoms. The topological polar surface area (TPSA) is 108 Å². The molecule has 0 bridgehead atoms. The molecule has 0 aliphatic heterocycles. The molecule has 0 saturated carbocycles. The van der Waals surface area contributed by atoms with Crippen LogP contribution >= 0.6 is 0 Å². The number of anilines is 1. The van der Waals surface area contributed by atoms with Crippen LogP contribution in [0.1, 0.15) is 0 Å². The zero-order valence-corrected chi connectivity index (χ0v) is 8.90. The zero-order chi connectivity index (χ0) is 13.0. The number of hydrogen-bond acceptors (Lipinski definition) is 6. The Kier molecular flexibility index (Phi) is 3.19. The fourth-order valence-corrected chi connectivity index (χ4v) is 1.14. The summed E-state index contributed by atoms with van der Waals surface area (Å²) in [6.45, 7) is 0. The number of non-ortho nitro benzene ring substituents is 1. The van der Waals surface area contributed by atoms with Gasteiger partial charge in [-0.15, -0.1) is 0 Å². The van der Waals surface area contributed by atoms with Crippen LogP contribution in [0.15, 0.2) is 41.1 Å². The first-order chi connectivity index (χ1) is 8.65. The van der Waals surface area contributed by atoms with Crippen molar-refractivity contribution in [2.75, 3.05) is 5.32 Å². The predicted molar refractivity (Wildman–Crippen MR) is 59.2 cm³/mol. The minimum atomic E-state index is -0.800. The number of hydrogen-bond donors (Lipinski definition) is 1. The third-order valence-electron chi connectivity index (χ3n) is 1.90. The lowest BCUT2D eigenvalue weighted by Gasteiger charge is -2.03. The highest BCUT2D eigenvalue weighted by Gasteiger charge is 2.09. The largest absolute Gasteiger partial charge is 0.432 e. The number of aromatic nitrogens is 1. The standard InChI is InChI=1S/C10H7N3O5/c14-10(12-9-11-5-6-17-9)18-8-3-1-7(2-4-8)13(15)16/h1-6H,(H,11,12,14). The Morgan fingerprint density at radius 1 is 1.39 bits per heavy atom. The fraction of sp³-hybridized carbons (Fsp3) is 0. The number of rotatable bonds is 3. The van der Waals surface area contributed by atoms with Crippen molar-refractivity contribution in [2.24, 2.45) is 0 Å². The Labute approximate surface area is 100 Å². The minimum Gasteiger partial charge on any atom is -0.432 e. The molecule has 92 valence electrons. The van der Waals surface area contributed by atoms with Gasteiger partial charge < -0.3 is 9.15 Å². The van der Waals surface area contributed by atoms with Gasteiger partial charge in [-0.1, -0.05) is 0 Å². The quantitative estimate of drug-likeness (QED) is 0.659. The summed E-state index contributed by atoms with van der Waals surface area (Å²) in [6, 6.07) is 5.09. The van der Waals surface area contributed by atoms with Crippen molar-refractivity contribution in [3.05, 3.63) is 46.8 Å². The van der Waals surface area contributed by atoms with Crippen molar-refractivity contribution in [3.8, 4) is 5.75 Å². The molecule has 8 nitrogen and oxygen atoms in total. The first kappa shape index (κ1) is 11.6. The third-order valence-corrected chi connectivity index (χ3v) is 1.90. The van der Waals surface area contributed by atoms with Crippen LogP contribution < -0.4 is 10.1 Å². The number of ether oxygens (including phenoxy) is 1. The SMILES string of the molecule is O=C(Nc1ncco1)Oc1ccc([N+](=O)[O-])cc1. The summed E-state index contributed by atoms with van der Waals surface area (Å²) < 4.78 is 9.63. The molecule has 0 spiro atoms. The fourth-order valence-electron chi connectivity index (χ4n) is 1.14. The molecule has 0 atom stereocenters. The average Bonchev–Trinajstić information content (AvgIpc) is 2.82. The van der Waals surface area contributed by atoms with E-state index in [0.717, 1.165) is 0 Å². The third kappa shape index (κ3) is 2.82. The van der Waals surface area contributed by atoms with E-state index in [2.05, 4.69) is 10.3 Å². The number of carbonyl (C=O) groups excluding carboxylic acids is 1. The van der Waals surface area contributed by atoms with Gasteiger partial charge in [-0.2, -0.15) is 0 Å². The average molecular weight is 249 g/mol. The summed E-state index contributed by atoms with van der Waals surface area (Å²) in [5.74, 6) is 0.171. The molecule has 0 unspecified atom stereocenters. The van der Waals surface area contributed by atoms with Gasteiger partial charge >= 0.3 is 12.1 Å². The predicted octanol–water partition coefficient (Wildman–Crippen LogP) is 2.19. The van der Waals surface area contributed by atoms with Gasteiger partial charge in [-0.3, -0.25) is 10.1 Å². The maximum atomic E-state index is 11.3. The molecule has 2 rings (SSSR count). The molecular weight excluding hydrogens is 242 g/mol. The van der Waals surface area contributed by atoms with Gasteiger partial charge in [-0.05, 0) is 12.1 Å². The van der Waals surface area contributed by atoms with Crippen molar-refractivity contribution in [3.63, 3.8) is 0 Å². The number of benzene rings is 1. The zero-order valence-electron chi connectivity index (χ0n) is 8.90. The molecule has 1 aromatic heterocycles. The van der Waals surface area contributed by atoms with Crippen LogP contribution in [0.25, 0.3) is 0 Å². The first-order valence-corrected chi connectivity index (χ1v) is 4.78. The van der Waals surface area contributed by atoms with E-state index in [1.165, 1.54) is 36.7 Å². The van der Waals surface area contributed by atoms with E-state index >= 15 is 0 Å². The molecule has 2 aromatic rings. The van der Waals surface area contributed by atoms with Crippen LogP contribution in [0.4, 0.5) is 16.5 Å². The van der Waals surface area contributed by atoms with Gasteiger partial charge in [-0.25, -0.2) is 15.1 Å². The highest BCUT2D eigenvalue weighted by atomic mass is 16.6. The lowest BCUT2D eigenvalue weighted by atomic mass is 10.3. The molecule has 0 aliphatic carbocycles. The van der Waals surface area contributed by atoms with Gasteiger partial charge in [0.25, 0.3) is 5.69 Å². The molecule has 0 saturated heterocycles. The molecule has 0 fully saturated rings. The molecule has 1 N–H and O–H groups in total. The Bertz CT molecular complexity index is 549. The van der Waals surface area contributed by atoms with Crippen molar-refractivity contribution in [1.29, 1.82) is 0 Å². The molecule has 0 aliphatic rings. The maximum Gasteiger partial charge on any atom is 0.420 e. The molecular formula is C10H7N3O5. The Balaban J connectivity index is 1.97. The summed E-state index contributed by atoms with van der Waals surface area (Å²) in [5.41, 5.74) is -0.0875. The van der Waals surface area contributed by atoms with Gasteiger partial charge in [0.2, 0.25) is 0 Å². The Morgan fingerprint density at radius 3 is 2.67 bits per heavy atom. The number of oxazole rings is 1. The molecule has 1 heterocycles. The van der Waals surface area contributed by atoms with Crippen LogP contribution in [-0.4, -0.2) is 16.0 Å². The first-order valence-electron chi connectivity index (χ1n) is 4.78. The Hall–Kier alpha value is -2.90. The van der Waals surface area contributed by atoms with Crippen LogP contribution in [-0.2, 0) is 0 Å². The highest BCUT2D eigenvalue weighted by molar-refractivity contribution is 5.83. The number of carbonyl (C=O) groups is 1. The molecule has 0 radical (unpaired) electrons. The molecule has 1 aromatic carbocycles. The van der Waals surface area contributed by atoms with E-state index in [0.29, 0.717) is 0 Å². The van der Waals surface area contributed by atoms with E-state index < -0.39 is 11.0 Å². The van der Waals surface area contributed by atoms with Gasteiger partial charge in [0.15, 0.2) is 0 Å². The highest BCUT2D eigenvalue weighted by Crippen LogP contribution is 2.17. The summed E-state index contributed by atoms with van der Waals surface area (Å²) in [6.07, 6.45) is 1.86. The van der Waals surface area contributed by atoms with E-state index in [1.807, 2.05) is 0 Å². The number of nitro groups is 1. The second-order valence-corrected chi connectivity index (χ2v) is 3.10. The van der Waals surface area contributed by atoms with E-state index in [9.17, 15) is 14.9 Å². The monoisotopic (exact) mass is 249 g/mol. The van der Waals surface area contributed by atoms with Crippen molar-refractivity contribution < 1.29 is 18.9 Å². The van der Waals surface area contributed by atoms with Crippen LogP contribution in [0.2, 0.25) is 0 Å². The summed E-state index contributed by atoms with van der Waals surface area (Å²) in [4.78, 5) is 24.9. The summed E-state index contributed by atoms with van der Waals surface area (Å²) in [7, 11) is 0. The van der Waals surface area contributed by atoms with Crippen molar-refractivity contribution in [2.45, 2.75) is 0 Å². The molecule has 18 heavy (non-hydrogen) atoms. The Morgan fingerprint density at radius 2 is 2.11 bits per heavy atom. The van der Waals surface area contributed by atoms with E-state index in [-0.39, 0.29) is 17.5 Å². The smallest absolute Gasteiger partial charge is 0.420 e. The summed E-state index contributed by atoms with van der Waals surface area (Å²) >= 11 is 0. The lowest BCUT2D eigenvalue weighted by Crippen LogP contribution is -2.16. The minimum absolute atomic E-state index is 0.00177. The van der Waals surface area contributed by atoms with Gasteiger partial charge in [0.05, 0.1) is 11.1 Å². The van der Waals surface area contributed by atoms with Crippen molar-refractivity contribution >= 4 is 17.8 Å². The summed E-state index contributed by atoms with van der Waals surface area (Å²) in [5, 5.41) is 12.6. The van der Waals surface area contributed by atoms with E-state index in [1.54, 1.807) is 0 Å². The van der Waals surface area contributed by atoms with E-state index in [4.69, 9.17) is 9.15 Å². The van der Waals surface area contributed by atoms with Crippen molar-refractivity contribution in [1.82, 2.24) is 4.98 Å². The number of nitrogens with one attached hydrogen (secondary N) is 1. The lowest BCUT2D eigenvalue weighted by molar-refractivity contribution is -0.384. The number of nitro benzene ring substituents is 1. The van der Waals surface area contributed by atoms with Crippen LogP contribution in [0.3, 0.4) is 0 Å². The second-order valence-electron chi connectivity index (χ2n) is 3.10. The second kappa shape index (κ2) is 4.95. The normalized spacial score (nSPS) is 9.78. The van der Waals surface area contributed by atoms with Gasteiger partial charge in [0, 0.05) is 12.1 Å². The number of nitrogens with zero attached hydrogens (tertiary/aromatic N) is 2. The molecule has 1 amide bonds. The van der Waals surface area contributed by atoms with Crippen LogP contribution in [0, 0.1) is 10.1 Å². The maximum absolute atomic E-state index is 11.3. The van der Waals surface area contributed by atoms with Crippen LogP contribution in [0.5, 0.6) is 5.75 Å².